The van der Waals surface area contributed by atoms with Crippen LogP contribution in [-0.2, 0) is 11.2 Å². The van der Waals surface area contributed by atoms with Crippen LogP contribution >= 0.6 is 11.6 Å². The van der Waals surface area contributed by atoms with E-state index in [1.165, 1.54) is 0 Å². The maximum atomic E-state index is 6.09. The van der Waals surface area contributed by atoms with E-state index < -0.39 is 0 Å². The van der Waals surface area contributed by atoms with Gasteiger partial charge in [-0.05, 0) is 50.1 Å². The molecule has 3 nitrogen and oxygen atoms in total. The fraction of sp³-hybridized carbons (Fsp3) is 0.600. The van der Waals surface area contributed by atoms with E-state index in [9.17, 15) is 0 Å². The van der Waals surface area contributed by atoms with Crippen LogP contribution in [0.2, 0.25) is 5.02 Å². The van der Waals surface area contributed by atoms with E-state index in [4.69, 9.17) is 21.1 Å². The lowest BCUT2D eigenvalue weighted by molar-refractivity contribution is 0.0193. The lowest BCUT2D eigenvalue weighted by atomic mass is 10.1. The monoisotopic (exact) mass is 283 g/mol. The van der Waals surface area contributed by atoms with Crippen LogP contribution in [0.4, 0.5) is 0 Å². The number of rotatable bonds is 6. The van der Waals surface area contributed by atoms with E-state index in [0.717, 1.165) is 42.1 Å². The Labute approximate surface area is 120 Å². The summed E-state index contributed by atoms with van der Waals surface area (Å²) in [5.41, 5.74) is 1.12. The summed E-state index contributed by atoms with van der Waals surface area (Å²) in [5, 5.41) is 3.95. The van der Waals surface area contributed by atoms with E-state index >= 15 is 0 Å². The third-order valence-corrected chi connectivity index (χ3v) is 3.83. The number of ether oxygens (including phenoxy) is 2. The van der Waals surface area contributed by atoms with Gasteiger partial charge in [0.1, 0.15) is 12.4 Å². The summed E-state index contributed by atoms with van der Waals surface area (Å²) >= 11 is 6.09. The van der Waals surface area contributed by atoms with Crippen LogP contribution in [0.15, 0.2) is 18.2 Å². The first-order chi connectivity index (χ1) is 9.22. The number of likely N-dealkylation sites (N-methyl/N-ethyl adjacent to an activating group) is 1. The van der Waals surface area contributed by atoms with Crippen LogP contribution < -0.4 is 10.1 Å². The molecule has 0 spiro atoms. The van der Waals surface area contributed by atoms with E-state index in [-0.39, 0.29) is 6.10 Å². The minimum atomic E-state index is 0.208. The zero-order chi connectivity index (χ0) is 13.7. The van der Waals surface area contributed by atoms with Gasteiger partial charge in [-0.25, -0.2) is 0 Å². The minimum Gasteiger partial charge on any atom is -0.491 e. The summed E-state index contributed by atoms with van der Waals surface area (Å²) in [6.07, 6.45) is 3.63. The average molecular weight is 284 g/mol. The highest BCUT2D eigenvalue weighted by molar-refractivity contribution is 6.31. The highest BCUT2D eigenvalue weighted by Gasteiger charge is 2.25. The molecule has 0 aromatic heterocycles. The van der Waals surface area contributed by atoms with Gasteiger partial charge in [0.2, 0.25) is 0 Å². The summed E-state index contributed by atoms with van der Waals surface area (Å²) in [5.74, 6) is 0.877. The first-order valence-electron chi connectivity index (χ1n) is 6.94. The van der Waals surface area contributed by atoms with E-state index in [2.05, 4.69) is 12.2 Å². The van der Waals surface area contributed by atoms with E-state index in [1.54, 1.807) is 0 Å². The summed E-state index contributed by atoms with van der Waals surface area (Å²) in [6, 6.07) is 5.83. The van der Waals surface area contributed by atoms with Crippen LogP contribution in [0, 0.1) is 0 Å². The molecule has 1 fully saturated rings. The Kier molecular flexibility index (Phi) is 5.49. The van der Waals surface area contributed by atoms with Crippen molar-refractivity contribution in [3.05, 3.63) is 28.8 Å². The third kappa shape index (κ3) is 4.10. The molecule has 1 aliphatic heterocycles. The summed E-state index contributed by atoms with van der Waals surface area (Å²) in [4.78, 5) is 0. The largest absolute Gasteiger partial charge is 0.491 e. The van der Waals surface area contributed by atoms with Gasteiger partial charge in [0.25, 0.3) is 0 Å². The topological polar surface area (TPSA) is 30.5 Å². The van der Waals surface area contributed by atoms with Crippen molar-refractivity contribution in [1.82, 2.24) is 5.32 Å². The number of aryl methyl sites for hydroxylation is 1. The van der Waals surface area contributed by atoms with Crippen LogP contribution in [0.5, 0.6) is 5.75 Å². The molecule has 0 radical (unpaired) electrons. The van der Waals surface area contributed by atoms with Gasteiger partial charge in [-0.3, -0.25) is 0 Å². The summed E-state index contributed by atoms with van der Waals surface area (Å²) < 4.78 is 11.7. The highest BCUT2D eigenvalue weighted by atomic mass is 35.5. The zero-order valence-electron chi connectivity index (χ0n) is 11.6. The number of nitrogens with one attached hydrogen (secondary N) is 1. The van der Waals surface area contributed by atoms with Gasteiger partial charge in [0.05, 0.1) is 12.2 Å². The highest BCUT2D eigenvalue weighted by Crippen LogP contribution is 2.24. The molecule has 2 atom stereocenters. The molecule has 0 amide bonds. The normalized spacial score (nSPS) is 22.7. The molecule has 106 valence electrons. The Morgan fingerprint density at radius 3 is 2.89 bits per heavy atom. The molecule has 2 rings (SSSR count). The van der Waals surface area contributed by atoms with Crippen LogP contribution in [-0.4, -0.2) is 32.4 Å². The van der Waals surface area contributed by atoms with Crippen LogP contribution in [0.3, 0.4) is 0 Å². The minimum absolute atomic E-state index is 0.208. The summed E-state index contributed by atoms with van der Waals surface area (Å²) in [7, 11) is 1.95. The molecular formula is C15H22ClNO2. The van der Waals surface area contributed by atoms with Gasteiger partial charge in [-0.2, -0.15) is 0 Å². The number of benzene rings is 1. The second-order valence-corrected chi connectivity index (χ2v) is 5.34. The molecule has 1 aliphatic rings. The standard InChI is InChI=1S/C15H22ClNO2/c1-3-11-8-12(6-7-15(11)16)18-10-14-5-4-13(19-14)9-17-2/h6-8,13-14,17H,3-5,9-10H2,1-2H3. The summed E-state index contributed by atoms with van der Waals surface area (Å²) in [6.45, 7) is 3.62. The first kappa shape index (κ1) is 14.6. The van der Waals surface area contributed by atoms with Crippen LogP contribution in [0.1, 0.15) is 25.3 Å². The molecule has 0 saturated carbocycles. The molecule has 19 heavy (non-hydrogen) atoms. The number of halogens is 1. The Hall–Kier alpha value is -0.770. The van der Waals surface area contributed by atoms with Gasteiger partial charge in [0.15, 0.2) is 0 Å². The molecule has 0 bridgehead atoms. The fourth-order valence-electron chi connectivity index (χ4n) is 2.38. The van der Waals surface area contributed by atoms with Gasteiger partial charge >= 0.3 is 0 Å². The van der Waals surface area contributed by atoms with E-state index in [0.29, 0.717) is 12.7 Å². The molecule has 2 unspecified atom stereocenters. The predicted molar refractivity (Wildman–Crippen MR) is 78.1 cm³/mol. The Balaban J connectivity index is 1.83. The van der Waals surface area contributed by atoms with Crippen molar-refractivity contribution < 1.29 is 9.47 Å². The molecule has 0 aliphatic carbocycles. The van der Waals surface area contributed by atoms with Crippen molar-refractivity contribution in [2.75, 3.05) is 20.2 Å². The van der Waals surface area contributed by atoms with E-state index in [1.807, 2.05) is 25.2 Å². The van der Waals surface area contributed by atoms with Gasteiger partial charge in [0, 0.05) is 11.6 Å². The molecule has 1 aromatic rings. The smallest absolute Gasteiger partial charge is 0.119 e. The van der Waals surface area contributed by atoms with Crippen molar-refractivity contribution in [2.45, 2.75) is 38.4 Å². The lowest BCUT2D eigenvalue weighted by Gasteiger charge is -2.15. The molecule has 1 aromatic carbocycles. The van der Waals surface area contributed by atoms with Gasteiger partial charge in [-0.15, -0.1) is 0 Å². The second-order valence-electron chi connectivity index (χ2n) is 4.93. The quantitative estimate of drug-likeness (QED) is 0.870. The number of hydrogen-bond donors (Lipinski definition) is 1. The van der Waals surface area contributed by atoms with Gasteiger partial charge in [-0.1, -0.05) is 18.5 Å². The van der Waals surface area contributed by atoms with Crippen LogP contribution in [0.25, 0.3) is 0 Å². The Morgan fingerprint density at radius 2 is 2.16 bits per heavy atom. The van der Waals surface area contributed by atoms with Crippen molar-refractivity contribution in [3.63, 3.8) is 0 Å². The van der Waals surface area contributed by atoms with Crippen molar-refractivity contribution >= 4 is 11.6 Å². The molecule has 1 saturated heterocycles. The van der Waals surface area contributed by atoms with Crippen molar-refractivity contribution in [3.8, 4) is 5.75 Å². The SMILES string of the molecule is CCc1cc(OCC2CCC(CNC)O2)ccc1Cl. The zero-order valence-corrected chi connectivity index (χ0v) is 12.4. The average Bonchev–Trinajstić information content (AvgIpc) is 2.86. The molecular weight excluding hydrogens is 262 g/mol. The Bertz CT molecular complexity index is 411. The van der Waals surface area contributed by atoms with Crippen molar-refractivity contribution in [2.24, 2.45) is 0 Å². The van der Waals surface area contributed by atoms with Gasteiger partial charge < -0.3 is 14.8 Å². The maximum Gasteiger partial charge on any atom is 0.119 e. The molecule has 1 N–H and O–H groups in total. The maximum absolute atomic E-state index is 6.09. The predicted octanol–water partition coefficient (Wildman–Crippen LogP) is 3.05. The fourth-order valence-corrected chi connectivity index (χ4v) is 2.63. The molecule has 1 heterocycles. The lowest BCUT2D eigenvalue weighted by Crippen LogP contribution is -2.25. The third-order valence-electron chi connectivity index (χ3n) is 3.46. The van der Waals surface area contributed by atoms with Crippen molar-refractivity contribution in [1.29, 1.82) is 0 Å². The Morgan fingerprint density at radius 1 is 1.37 bits per heavy atom. The molecule has 4 heteroatoms. The second kappa shape index (κ2) is 7.13. The number of hydrogen-bond acceptors (Lipinski definition) is 3. The first-order valence-corrected chi connectivity index (χ1v) is 7.32.